The molecule has 0 aromatic heterocycles. The molecule has 0 unspecified atom stereocenters. The second-order valence-corrected chi connectivity index (χ2v) is 3.16. The van der Waals surface area contributed by atoms with E-state index in [4.69, 9.17) is 20.1 Å². The van der Waals surface area contributed by atoms with Gasteiger partial charge in [-0.25, -0.2) is 14.4 Å². The SMILES string of the molecule is O=C(O)CO.O=C1CC[C@@H](C(=O)OC(=O)CO)N1. The van der Waals surface area contributed by atoms with E-state index in [1.807, 2.05) is 0 Å². The van der Waals surface area contributed by atoms with Gasteiger partial charge in [-0.3, -0.25) is 4.79 Å². The van der Waals surface area contributed by atoms with Crippen LogP contribution >= 0.6 is 0 Å². The Labute approximate surface area is 101 Å². The zero-order valence-corrected chi connectivity index (χ0v) is 9.29. The number of hydrogen-bond acceptors (Lipinski definition) is 7. The zero-order valence-electron chi connectivity index (χ0n) is 9.29. The molecule has 0 aliphatic carbocycles. The van der Waals surface area contributed by atoms with Gasteiger partial charge in [0.15, 0.2) is 0 Å². The van der Waals surface area contributed by atoms with Gasteiger partial charge in [0.05, 0.1) is 0 Å². The fraction of sp³-hybridized carbons (Fsp3) is 0.556. The molecule has 0 bridgehead atoms. The first kappa shape index (κ1) is 16.0. The van der Waals surface area contributed by atoms with Crippen LogP contribution in [-0.4, -0.2) is 58.4 Å². The van der Waals surface area contributed by atoms with Crippen LogP contribution in [0.3, 0.4) is 0 Å². The summed E-state index contributed by atoms with van der Waals surface area (Å²) in [5.41, 5.74) is 0. The Hall–Kier alpha value is -2.00. The summed E-state index contributed by atoms with van der Waals surface area (Å²) in [7, 11) is 0. The number of nitrogens with one attached hydrogen (secondary N) is 1. The third-order valence-electron chi connectivity index (χ3n) is 1.76. The van der Waals surface area contributed by atoms with Gasteiger partial charge in [-0.05, 0) is 6.42 Å². The lowest BCUT2D eigenvalue weighted by Crippen LogP contribution is -2.36. The number of carbonyl (C=O) groups excluding carboxylic acids is 3. The molecule has 1 rings (SSSR count). The number of ether oxygens (including phenoxy) is 1. The monoisotopic (exact) mass is 263 g/mol. The van der Waals surface area contributed by atoms with Crippen LogP contribution in [-0.2, 0) is 23.9 Å². The van der Waals surface area contributed by atoms with Gasteiger partial charge in [0, 0.05) is 6.42 Å². The molecule has 4 N–H and O–H groups in total. The van der Waals surface area contributed by atoms with Gasteiger partial charge < -0.3 is 25.4 Å². The number of aliphatic hydroxyl groups is 2. The van der Waals surface area contributed by atoms with Crippen LogP contribution in [0.2, 0.25) is 0 Å². The fourth-order valence-corrected chi connectivity index (χ4v) is 1.01. The standard InChI is InChI=1S/C7H9NO5.C2H4O3/c9-3-6(11)13-7(12)4-1-2-5(10)8-4;3-1-2(4)5/h4,9H,1-3H2,(H,8,10);3H,1H2,(H,4,5)/t4-;/m0./s1. The van der Waals surface area contributed by atoms with Crippen LogP contribution in [0.15, 0.2) is 0 Å². The molecule has 1 heterocycles. The molecule has 0 radical (unpaired) electrons. The summed E-state index contributed by atoms with van der Waals surface area (Å²) in [6.07, 6.45) is 0.587. The molecule has 0 saturated carbocycles. The van der Waals surface area contributed by atoms with Crippen molar-refractivity contribution in [1.29, 1.82) is 0 Å². The molecule has 0 spiro atoms. The molecule has 1 atom stereocenters. The van der Waals surface area contributed by atoms with Crippen molar-refractivity contribution in [3.63, 3.8) is 0 Å². The molecule has 1 amide bonds. The minimum atomic E-state index is -1.19. The van der Waals surface area contributed by atoms with E-state index in [9.17, 15) is 14.4 Å². The Bertz CT molecular complexity index is 339. The predicted octanol–water partition coefficient (Wildman–Crippen LogP) is -2.61. The molecular weight excluding hydrogens is 250 g/mol. The highest BCUT2D eigenvalue weighted by atomic mass is 16.6. The molecule has 102 valence electrons. The van der Waals surface area contributed by atoms with Crippen molar-refractivity contribution < 1.29 is 39.2 Å². The highest BCUT2D eigenvalue weighted by molar-refractivity contribution is 5.93. The van der Waals surface area contributed by atoms with Crippen LogP contribution in [0.4, 0.5) is 0 Å². The highest BCUT2D eigenvalue weighted by Gasteiger charge is 2.29. The average molecular weight is 263 g/mol. The molecule has 1 aliphatic heterocycles. The van der Waals surface area contributed by atoms with E-state index in [0.717, 1.165) is 0 Å². The van der Waals surface area contributed by atoms with E-state index < -0.39 is 37.2 Å². The summed E-state index contributed by atoms with van der Waals surface area (Å²) >= 11 is 0. The van der Waals surface area contributed by atoms with Crippen LogP contribution in [0.1, 0.15) is 12.8 Å². The number of amides is 1. The lowest BCUT2D eigenvalue weighted by atomic mass is 10.2. The smallest absolute Gasteiger partial charge is 0.339 e. The number of esters is 2. The first-order valence-electron chi connectivity index (χ1n) is 4.88. The topological polar surface area (TPSA) is 150 Å². The van der Waals surface area contributed by atoms with E-state index in [2.05, 4.69) is 10.1 Å². The Balaban J connectivity index is 0.000000494. The molecule has 1 aliphatic rings. The average Bonchev–Trinajstić information content (AvgIpc) is 2.76. The lowest BCUT2D eigenvalue weighted by molar-refractivity contribution is -0.163. The van der Waals surface area contributed by atoms with Gasteiger partial charge >= 0.3 is 17.9 Å². The number of hydrogen-bond donors (Lipinski definition) is 4. The van der Waals surface area contributed by atoms with Crippen molar-refractivity contribution in [2.45, 2.75) is 18.9 Å². The largest absolute Gasteiger partial charge is 0.480 e. The van der Waals surface area contributed by atoms with Gasteiger partial charge in [0.2, 0.25) is 5.91 Å². The minimum absolute atomic E-state index is 0.238. The maximum atomic E-state index is 11.0. The summed E-state index contributed by atoms with van der Waals surface area (Å²) in [5, 5.41) is 25.6. The predicted molar refractivity (Wildman–Crippen MR) is 54.1 cm³/mol. The van der Waals surface area contributed by atoms with E-state index in [1.54, 1.807) is 0 Å². The molecule has 1 saturated heterocycles. The van der Waals surface area contributed by atoms with E-state index in [1.165, 1.54) is 0 Å². The second kappa shape index (κ2) is 8.14. The van der Waals surface area contributed by atoms with Crippen molar-refractivity contribution in [1.82, 2.24) is 5.32 Å². The molecule has 1 fully saturated rings. The van der Waals surface area contributed by atoms with Crippen LogP contribution in [0, 0.1) is 0 Å². The van der Waals surface area contributed by atoms with Crippen LogP contribution in [0.25, 0.3) is 0 Å². The van der Waals surface area contributed by atoms with E-state index >= 15 is 0 Å². The Morgan fingerprint density at radius 3 is 2.17 bits per heavy atom. The Kier molecular flexibility index (Phi) is 7.24. The maximum absolute atomic E-state index is 11.0. The summed E-state index contributed by atoms with van der Waals surface area (Å²) < 4.78 is 4.19. The number of rotatable bonds is 3. The first-order chi connectivity index (χ1) is 8.40. The van der Waals surface area contributed by atoms with Crippen molar-refractivity contribution in [2.24, 2.45) is 0 Å². The summed E-state index contributed by atoms with van der Waals surface area (Å²) in [5.74, 6) is -3.25. The molecule has 9 nitrogen and oxygen atoms in total. The van der Waals surface area contributed by atoms with Crippen molar-refractivity contribution >= 4 is 23.8 Å². The third-order valence-corrected chi connectivity index (χ3v) is 1.76. The molecule has 9 heteroatoms. The Morgan fingerprint density at radius 1 is 1.28 bits per heavy atom. The molecular formula is C9H13NO8. The number of aliphatic carboxylic acids is 1. The quantitative estimate of drug-likeness (QED) is 0.319. The van der Waals surface area contributed by atoms with Gasteiger partial charge in [0.1, 0.15) is 19.3 Å². The number of aliphatic hydroxyl groups excluding tert-OH is 2. The first-order valence-corrected chi connectivity index (χ1v) is 4.88. The second-order valence-electron chi connectivity index (χ2n) is 3.16. The van der Waals surface area contributed by atoms with Gasteiger partial charge in [-0.2, -0.15) is 0 Å². The van der Waals surface area contributed by atoms with Gasteiger partial charge in [-0.1, -0.05) is 0 Å². The maximum Gasteiger partial charge on any atom is 0.339 e. The minimum Gasteiger partial charge on any atom is -0.480 e. The van der Waals surface area contributed by atoms with Crippen LogP contribution < -0.4 is 5.32 Å². The highest BCUT2D eigenvalue weighted by Crippen LogP contribution is 2.07. The lowest BCUT2D eigenvalue weighted by Gasteiger charge is -2.06. The zero-order chi connectivity index (χ0) is 14.1. The van der Waals surface area contributed by atoms with Crippen molar-refractivity contribution in [2.75, 3.05) is 13.2 Å². The number of carbonyl (C=O) groups is 4. The third kappa shape index (κ3) is 6.55. The van der Waals surface area contributed by atoms with Crippen molar-refractivity contribution in [3.05, 3.63) is 0 Å². The Morgan fingerprint density at radius 2 is 1.83 bits per heavy atom. The van der Waals surface area contributed by atoms with E-state index in [-0.39, 0.29) is 12.3 Å². The van der Waals surface area contributed by atoms with Gasteiger partial charge in [-0.15, -0.1) is 0 Å². The van der Waals surface area contributed by atoms with Gasteiger partial charge in [0.25, 0.3) is 0 Å². The van der Waals surface area contributed by atoms with Crippen LogP contribution in [0.5, 0.6) is 0 Å². The summed E-state index contributed by atoms with van der Waals surface area (Å²) in [4.78, 5) is 41.2. The van der Waals surface area contributed by atoms with E-state index in [0.29, 0.717) is 6.42 Å². The molecule has 0 aromatic rings. The summed E-state index contributed by atoms with van der Waals surface area (Å²) in [6.45, 7) is -1.62. The number of carboxylic acid groups (broad SMARTS) is 1. The normalized spacial score (nSPS) is 17.2. The number of carboxylic acids is 1. The molecule has 0 aromatic carbocycles. The molecule has 18 heavy (non-hydrogen) atoms. The fourth-order valence-electron chi connectivity index (χ4n) is 1.01. The van der Waals surface area contributed by atoms with Crippen molar-refractivity contribution in [3.8, 4) is 0 Å². The summed E-state index contributed by atoms with van der Waals surface area (Å²) in [6, 6.07) is -0.747.